The van der Waals surface area contributed by atoms with E-state index >= 15 is 0 Å². The van der Waals surface area contributed by atoms with Crippen molar-refractivity contribution in [1.82, 2.24) is 20.4 Å². The summed E-state index contributed by atoms with van der Waals surface area (Å²) in [5.41, 5.74) is 0.448. The van der Waals surface area contributed by atoms with E-state index in [1.807, 2.05) is 0 Å². The molecule has 0 saturated carbocycles. The molecule has 0 aliphatic rings. The molecule has 0 aliphatic carbocycles. The standard InChI is InChI=1S/C16H21N5O5/c1-20(10-14(22)17-7-4-8-25-2)11-15-18-16(19-26-15)12-5-3-6-13(9-12)21(23)24/h3,5-6,9H,4,7-8,10-11H2,1-2H3,(H,17,22). The van der Waals surface area contributed by atoms with Gasteiger partial charge in [-0.05, 0) is 13.5 Å². The van der Waals surface area contributed by atoms with Gasteiger partial charge in [0.1, 0.15) is 0 Å². The van der Waals surface area contributed by atoms with E-state index in [2.05, 4.69) is 15.5 Å². The van der Waals surface area contributed by atoms with Crippen molar-refractivity contribution in [3.63, 3.8) is 0 Å². The van der Waals surface area contributed by atoms with Crippen LogP contribution in [-0.4, -0.2) is 59.7 Å². The lowest BCUT2D eigenvalue weighted by molar-refractivity contribution is -0.384. The molecule has 0 aliphatic heterocycles. The largest absolute Gasteiger partial charge is 0.385 e. The third-order valence-corrected chi connectivity index (χ3v) is 3.45. The van der Waals surface area contributed by atoms with Crippen molar-refractivity contribution >= 4 is 11.6 Å². The van der Waals surface area contributed by atoms with Gasteiger partial charge in [-0.2, -0.15) is 4.98 Å². The van der Waals surface area contributed by atoms with E-state index < -0.39 is 4.92 Å². The van der Waals surface area contributed by atoms with Gasteiger partial charge < -0.3 is 14.6 Å². The SMILES string of the molecule is COCCCNC(=O)CN(C)Cc1nc(-c2cccc([N+](=O)[O-])c2)no1. The Hall–Kier alpha value is -2.85. The summed E-state index contributed by atoms with van der Waals surface area (Å²) < 4.78 is 10.1. The number of nitrogens with one attached hydrogen (secondary N) is 1. The normalized spacial score (nSPS) is 10.9. The molecule has 2 rings (SSSR count). The number of aromatic nitrogens is 2. The van der Waals surface area contributed by atoms with Gasteiger partial charge in [-0.15, -0.1) is 0 Å². The predicted octanol–water partition coefficient (Wildman–Crippen LogP) is 1.23. The molecular formula is C16H21N5O5. The molecule has 10 heteroatoms. The summed E-state index contributed by atoms with van der Waals surface area (Å²) in [4.78, 5) is 28.1. The molecule has 0 radical (unpaired) electrons. The number of rotatable bonds is 10. The van der Waals surface area contributed by atoms with E-state index in [0.29, 0.717) is 24.6 Å². The van der Waals surface area contributed by atoms with Crippen molar-refractivity contribution < 1.29 is 19.0 Å². The molecule has 0 unspecified atom stereocenters. The van der Waals surface area contributed by atoms with Crippen LogP contribution in [0.25, 0.3) is 11.4 Å². The molecule has 0 spiro atoms. The summed E-state index contributed by atoms with van der Waals surface area (Å²) in [5.74, 6) is 0.476. The summed E-state index contributed by atoms with van der Waals surface area (Å²) in [7, 11) is 3.37. The molecule has 1 heterocycles. The van der Waals surface area contributed by atoms with Crippen LogP contribution < -0.4 is 5.32 Å². The highest BCUT2D eigenvalue weighted by Gasteiger charge is 2.15. The summed E-state index contributed by atoms with van der Waals surface area (Å²) in [5, 5.41) is 17.5. The van der Waals surface area contributed by atoms with Gasteiger partial charge in [0.15, 0.2) is 0 Å². The average molecular weight is 363 g/mol. The van der Waals surface area contributed by atoms with E-state index in [1.165, 1.54) is 12.1 Å². The topological polar surface area (TPSA) is 124 Å². The lowest BCUT2D eigenvalue weighted by Gasteiger charge is -2.13. The number of likely N-dealkylation sites (N-methyl/N-ethyl adjacent to an activating group) is 1. The van der Waals surface area contributed by atoms with Gasteiger partial charge in [0.2, 0.25) is 17.6 Å². The maximum atomic E-state index is 11.8. The fourth-order valence-corrected chi connectivity index (χ4v) is 2.23. The lowest BCUT2D eigenvalue weighted by atomic mass is 10.2. The van der Waals surface area contributed by atoms with Crippen LogP contribution >= 0.6 is 0 Å². The molecule has 2 aromatic rings. The first kappa shape index (κ1) is 19.5. The van der Waals surface area contributed by atoms with Crippen LogP contribution in [0.1, 0.15) is 12.3 Å². The third-order valence-electron chi connectivity index (χ3n) is 3.45. The van der Waals surface area contributed by atoms with Crippen LogP contribution in [0.15, 0.2) is 28.8 Å². The quantitative estimate of drug-likeness (QED) is 0.380. The van der Waals surface area contributed by atoms with Crippen LogP contribution in [0.2, 0.25) is 0 Å². The second-order valence-corrected chi connectivity index (χ2v) is 5.69. The van der Waals surface area contributed by atoms with Gasteiger partial charge >= 0.3 is 0 Å². The van der Waals surface area contributed by atoms with Crippen LogP contribution in [0.4, 0.5) is 5.69 Å². The number of methoxy groups -OCH3 is 1. The van der Waals surface area contributed by atoms with Crippen molar-refractivity contribution in [2.75, 3.05) is 33.9 Å². The zero-order valence-electron chi connectivity index (χ0n) is 14.7. The number of nitro groups is 1. The number of carbonyl (C=O) groups excluding carboxylic acids is 1. The van der Waals surface area contributed by atoms with Crippen LogP contribution in [0.5, 0.6) is 0 Å². The van der Waals surface area contributed by atoms with Crippen molar-refractivity contribution in [3.05, 3.63) is 40.3 Å². The van der Waals surface area contributed by atoms with Crippen molar-refractivity contribution in [2.24, 2.45) is 0 Å². The van der Waals surface area contributed by atoms with E-state index in [-0.39, 0.29) is 30.5 Å². The zero-order chi connectivity index (χ0) is 18.9. The van der Waals surface area contributed by atoms with Gasteiger partial charge in [0.05, 0.1) is 18.0 Å². The number of nitro benzene ring substituents is 1. The lowest BCUT2D eigenvalue weighted by Crippen LogP contribution is -2.35. The number of nitrogens with zero attached hydrogens (tertiary/aromatic N) is 4. The minimum Gasteiger partial charge on any atom is -0.385 e. The summed E-state index contributed by atoms with van der Waals surface area (Å²) in [6, 6.07) is 6.00. The second-order valence-electron chi connectivity index (χ2n) is 5.69. The number of ether oxygens (including phenoxy) is 1. The smallest absolute Gasteiger partial charge is 0.270 e. The summed E-state index contributed by atoms with van der Waals surface area (Å²) in [6.07, 6.45) is 0.752. The molecule has 0 saturated heterocycles. The highest BCUT2D eigenvalue weighted by Crippen LogP contribution is 2.21. The maximum Gasteiger partial charge on any atom is 0.270 e. The van der Waals surface area contributed by atoms with Crippen molar-refractivity contribution in [3.8, 4) is 11.4 Å². The fourth-order valence-electron chi connectivity index (χ4n) is 2.23. The highest BCUT2D eigenvalue weighted by atomic mass is 16.6. The third kappa shape index (κ3) is 5.90. The van der Waals surface area contributed by atoms with Crippen molar-refractivity contribution in [1.29, 1.82) is 0 Å². The van der Waals surface area contributed by atoms with Gasteiger partial charge in [0.25, 0.3) is 5.69 Å². The predicted molar refractivity (Wildman–Crippen MR) is 92.2 cm³/mol. The van der Waals surface area contributed by atoms with Crippen LogP contribution in [0, 0.1) is 10.1 Å². The number of amides is 1. The minimum atomic E-state index is -0.483. The van der Waals surface area contributed by atoms with Crippen molar-refractivity contribution in [2.45, 2.75) is 13.0 Å². The number of hydrogen-bond acceptors (Lipinski definition) is 8. The van der Waals surface area contributed by atoms with E-state index in [9.17, 15) is 14.9 Å². The Morgan fingerprint density at radius 3 is 3.00 bits per heavy atom. The molecule has 0 bridgehead atoms. The molecule has 1 amide bonds. The Morgan fingerprint density at radius 2 is 2.27 bits per heavy atom. The second kappa shape index (κ2) is 9.59. The molecule has 1 aromatic carbocycles. The Kier molecular flexibility index (Phi) is 7.18. The Balaban J connectivity index is 1.88. The molecular weight excluding hydrogens is 342 g/mol. The van der Waals surface area contributed by atoms with E-state index in [4.69, 9.17) is 9.26 Å². The van der Waals surface area contributed by atoms with Gasteiger partial charge in [-0.25, -0.2) is 0 Å². The highest BCUT2D eigenvalue weighted by molar-refractivity contribution is 5.77. The Bertz CT molecular complexity index is 748. The van der Waals surface area contributed by atoms with Gasteiger partial charge in [-0.3, -0.25) is 19.8 Å². The first-order valence-electron chi connectivity index (χ1n) is 8.01. The number of non-ortho nitro benzene ring substituents is 1. The van der Waals surface area contributed by atoms with E-state index in [0.717, 1.165) is 6.42 Å². The first-order valence-corrected chi connectivity index (χ1v) is 8.01. The average Bonchev–Trinajstić information content (AvgIpc) is 3.07. The first-order chi connectivity index (χ1) is 12.5. The summed E-state index contributed by atoms with van der Waals surface area (Å²) in [6.45, 7) is 1.62. The van der Waals surface area contributed by atoms with Crippen LogP contribution in [0.3, 0.4) is 0 Å². The zero-order valence-corrected chi connectivity index (χ0v) is 14.7. The van der Waals surface area contributed by atoms with Gasteiger partial charge in [-0.1, -0.05) is 17.3 Å². The Morgan fingerprint density at radius 1 is 1.46 bits per heavy atom. The molecule has 26 heavy (non-hydrogen) atoms. The summed E-state index contributed by atoms with van der Waals surface area (Å²) >= 11 is 0. The molecule has 0 atom stereocenters. The molecule has 1 N–H and O–H groups in total. The number of benzene rings is 1. The monoisotopic (exact) mass is 363 g/mol. The van der Waals surface area contributed by atoms with Crippen LogP contribution in [-0.2, 0) is 16.1 Å². The molecule has 1 aromatic heterocycles. The molecule has 0 fully saturated rings. The molecule has 140 valence electrons. The van der Waals surface area contributed by atoms with Gasteiger partial charge in [0, 0.05) is 38.0 Å². The fraction of sp³-hybridized carbons (Fsp3) is 0.438. The molecule has 10 nitrogen and oxygen atoms in total. The van der Waals surface area contributed by atoms with E-state index in [1.54, 1.807) is 31.2 Å². The number of hydrogen-bond donors (Lipinski definition) is 1. The minimum absolute atomic E-state index is 0.0453. The number of carbonyl (C=O) groups is 1. The Labute approximate surface area is 150 Å². The maximum absolute atomic E-state index is 11.8.